The number of aromatic nitrogens is 2. The highest BCUT2D eigenvalue weighted by molar-refractivity contribution is 8.03. The van der Waals surface area contributed by atoms with E-state index in [1.54, 1.807) is 59.9 Å². The number of halogens is 2. The number of carbonyl (C=O) groups excluding carboxylic acids is 1. The SMILES string of the molecule is C=C\C(SCCCF)=C(C)/C=C/C=C/C(=O)c1cnn2c1N/C(=C/C(=N\C)Oc1cccc(F)c1)C2. The van der Waals surface area contributed by atoms with Crippen LogP contribution in [0, 0.1) is 5.82 Å². The fourth-order valence-electron chi connectivity index (χ4n) is 3.28. The summed E-state index contributed by atoms with van der Waals surface area (Å²) in [6, 6.07) is 5.80. The van der Waals surface area contributed by atoms with Gasteiger partial charge in [0, 0.05) is 35.5 Å². The Morgan fingerprint density at radius 3 is 2.89 bits per heavy atom. The molecule has 188 valence electrons. The van der Waals surface area contributed by atoms with Crippen molar-refractivity contribution in [3.8, 4) is 5.75 Å². The third kappa shape index (κ3) is 7.39. The maximum atomic E-state index is 13.4. The normalized spacial score (nSPS) is 15.3. The predicted octanol–water partition coefficient (Wildman–Crippen LogP) is 6.29. The number of carbonyl (C=O) groups is 1. The molecule has 6 nitrogen and oxygen atoms in total. The van der Waals surface area contributed by atoms with Crippen LogP contribution in [0.25, 0.3) is 0 Å². The minimum Gasteiger partial charge on any atom is -0.439 e. The summed E-state index contributed by atoms with van der Waals surface area (Å²) in [5, 5.41) is 7.47. The van der Waals surface area contributed by atoms with Crippen molar-refractivity contribution in [1.82, 2.24) is 9.78 Å². The number of nitrogens with zero attached hydrogens (tertiary/aromatic N) is 3. The maximum absolute atomic E-state index is 13.4. The number of thioether (sulfide) groups is 1. The summed E-state index contributed by atoms with van der Waals surface area (Å²) < 4.78 is 33.1. The molecule has 36 heavy (non-hydrogen) atoms. The van der Waals surface area contributed by atoms with Crippen molar-refractivity contribution in [3.63, 3.8) is 0 Å². The van der Waals surface area contributed by atoms with E-state index < -0.39 is 5.82 Å². The molecular formula is C27H28F2N4O2S. The number of fused-ring (bicyclic) bond motifs is 1. The Bertz CT molecular complexity index is 1260. The molecule has 0 bridgehead atoms. The highest BCUT2D eigenvalue weighted by atomic mass is 32.2. The van der Waals surface area contributed by atoms with E-state index in [4.69, 9.17) is 4.74 Å². The third-order valence-electron chi connectivity index (χ3n) is 5.06. The van der Waals surface area contributed by atoms with Crippen molar-refractivity contribution >= 4 is 29.3 Å². The van der Waals surface area contributed by atoms with Crippen molar-refractivity contribution in [2.45, 2.75) is 19.9 Å². The lowest BCUT2D eigenvalue weighted by Crippen LogP contribution is -2.09. The number of hydrogen-bond acceptors (Lipinski definition) is 6. The summed E-state index contributed by atoms with van der Waals surface area (Å²) in [6.45, 7) is 5.83. The molecule has 0 spiro atoms. The van der Waals surface area contributed by atoms with Gasteiger partial charge >= 0.3 is 0 Å². The molecule has 1 N–H and O–H groups in total. The van der Waals surface area contributed by atoms with E-state index >= 15 is 0 Å². The fourth-order valence-corrected chi connectivity index (χ4v) is 4.16. The van der Waals surface area contributed by atoms with Crippen molar-refractivity contribution in [2.24, 2.45) is 4.99 Å². The standard InChI is InChI=1S/C27H28F2N4O2S/c1-4-25(36-14-8-13-28)19(2)9-5-6-12-24(34)23-17-31-33-18-21(32-27(23)33)16-26(30-3)35-22-11-7-10-20(29)15-22/h4-7,9-12,15-17,32H,1,8,13-14,18H2,2-3H3/b9-5+,12-6+,21-16+,25-19+,30-26+. The summed E-state index contributed by atoms with van der Waals surface area (Å²) in [5.74, 6) is 1.29. The van der Waals surface area contributed by atoms with Crippen LogP contribution in [0.15, 0.2) is 94.7 Å². The van der Waals surface area contributed by atoms with Gasteiger partial charge in [-0.25, -0.2) is 9.07 Å². The van der Waals surface area contributed by atoms with E-state index in [0.29, 0.717) is 35.8 Å². The molecule has 0 amide bonds. The smallest absolute Gasteiger partial charge is 0.216 e. The van der Waals surface area contributed by atoms with Crippen molar-refractivity contribution in [2.75, 3.05) is 24.8 Å². The van der Waals surface area contributed by atoms with Gasteiger partial charge in [0.25, 0.3) is 0 Å². The first-order valence-corrected chi connectivity index (χ1v) is 12.3. The molecule has 0 radical (unpaired) electrons. The maximum Gasteiger partial charge on any atom is 0.216 e. The van der Waals surface area contributed by atoms with Crippen LogP contribution in [0.2, 0.25) is 0 Å². The Morgan fingerprint density at radius 2 is 2.17 bits per heavy atom. The van der Waals surface area contributed by atoms with Gasteiger partial charge in [-0.1, -0.05) is 36.9 Å². The second kappa shape index (κ2) is 13.4. The Kier molecular flexibility index (Phi) is 10.00. The van der Waals surface area contributed by atoms with Gasteiger partial charge in [0.05, 0.1) is 25.0 Å². The zero-order valence-electron chi connectivity index (χ0n) is 20.2. The topological polar surface area (TPSA) is 68.5 Å². The Balaban J connectivity index is 1.63. The van der Waals surface area contributed by atoms with Crippen LogP contribution in [0.1, 0.15) is 23.7 Å². The molecule has 1 aliphatic heterocycles. The fraction of sp³-hybridized carbons (Fsp3) is 0.222. The van der Waals surface area contributed by atoms with E-state index in [9.17, 15) is 13.6 Å². The molecule has 2 heterocycles. The average molecular weight is 511 g/mol. The van der Waals surface area contributed by atoms with Gasteiger partial charge in [-0.2, -0.15) is 5.10 Å². The van der Waals surface area contributed by atoms with Crippen LogP contribution in [0.3, 0.4) is 0 Å². The molecule has 9 heteroatoms. The monoisotopic (exact) mass is 510 g/mol. The molecule has 1 aromatic heterocycles. The van der Waals surface area contributed by atoms with Crippen LogP contribution < -0.4 is 10.1 Å². The van der Waals surface area contributed by atoms with Gasteiger partial charge in [-0.15, -0.1) is 11.8 Å². The molecule has 0 aliphatic carbocycles. The molecule has 0 saturated carbocycles. The number of rotatable bonds is 11. The first-order valence-electron chi connectivity index (χ1n) is 11.3. The summed E-state index contributed by atoms with van der Waals surface area (Å²) in [4.78, 5) is 17.8. The number of hydrogen-bond donors (Lipinski definition) is 1. The van der Waals surface area contributed by atoms with Gasteiger partial charge in [0.15, 0.2) is 5.78 Å². The highest BCUT2D eigenvalue weighted by Crippen LogP contribution is 2.26. The van der Waals surface area contributed by atoms with E-state index in [0.717, 1.165) is 16.2 Å². The number of alkyl halides is 1. The number of ether oxygens (including phenoxy) is 1. The summed E-state index contributed by atoms with van der Waals surface area (Å²) in [6.07, 6.45) is 12.3. The van der Waals surface area contributed by atoms with Crippen LogP contribution in [-0.2, 0) is 6.54 Å². The number of ketones is 1. The molecule has 3 rings (SSSR count). The van der Waals surface area contributed by atoms with Gasteiger partial charge < -0.3 is 10.1 Å². The highest BCUT2D eigenvalue weighted by Gasteiger charge is 2.23. The molecule has 0 atom stereocenters. The Morgan fingerprint density at radius 1 is 1.36 bits per heavy atom. The quantitative estimate of drug-likeness (QED) is 0.0961. The van der Waals surface area contributed by atoms with Gasteiger partial charge in [-0.05, 0) is 37.1 Å². The number of aliphatic imine (C=N–C) groups is 1. The van der Waals surface area contributed by atoms with Crippen molar-refractivity contribution in [3.05, 3.63) is 101 Å². The summed E-state index contributed by atoms with van der Waals surface area (Å²) in [5.41, 5.74) is 2.16. The zero-order chi connectivity index (χ0) is 25.9. The minimum absolute atomic E-state index is 0.196. The molecule has 1 aliphatic rings. The van der Waals surface area contributed by atoms with Gasteiger partial charge in [-0.3, -0.25) is 14.2 Å². The van der Waals surface area contributed by atoms with E-state index in [1.165, 1.54) is 24.4 Å². The summed E-state index contributed by atoms with van der Waals surface area (Å²) >= 11 is 1.56. The van der Waals surface area contributed by atoms with E-state index in [1.807, 2.05) is 13.0 Å². The van der Waals surface area contributed by atoms with Crippen molar-refractivity contribution in [1.29, 1.82) is 0 Å². The molecular weight excluding hydrogens is 482 g/mol. The lowest BCUT2D eigenvalue weighted by Gasteiger charge is -2.06. The largest absolute Gasteiger partial charge is 0.439 e. The van der Waals surface area contributed by atoms with Crippen LogP contribution in [-0.4, -0.2) is 40.9 Å². The first kappa shape index (κ1) is 26.9. The molecule has 0 saturated heterocycles. The Hall–Kier alpha value is -3.72. The van der Waals surface area contributed by atoms with Gasteiger partial charge in [0.1, 0.15) is 17.4 Å². The van der Waals surface area contributed by atoms with Crippen LogP contribution in [0.5, 0.6) is 5.75 Å². The Labute approximate surface area is 213 Å². The van der Waals surface area contributed by atoms with Crippen LogP contribution in [0.4, 0.5) is 14.6 Å². The lowest BCUT2D eigenvalue weighted by atomic mass is 10.2. The molecule has 1 aromatic carbocycles. The van der Waals surface area contributed by atoms with Gasteiger partial charge in [0.2, 0.25) is 5.90 Å². The lowest BCUT2D eigenvalue weighted by molar-refractivity contribution is 0.104. The second-order valence-electron chi connectivity index (χ2n) is 7.71. The average Bonchev–Trinajstić information content (AvgIpc) is 3.44. The summed E-state index contributed by atoms with van der Waals surface area (Å²) in [7, 11) is 1.57. The minimum atomic E-state index is -0.402. The first-order chi connectivity index (χ1) is 17.4. The number of benzene rings is 1. The molecule has 0 fully saturated rings. The van der Waals surface area contributed by atoms with Crippen molar-refractivity contribution < 1.29 is 18.3 Å². The third-order valence-corrected chi connectivity index (χ3v) is 6.35. The number of nitrogens with one attached hydrogen (secondary N) is 1. The number of allylic oxidation sites excluding steroid dienone is 7. The van der Waals surface area contributed by atoms with Crippen LogP contribution >= 0.6 is 11.8 Å². The second-order valence-corrected chi connectivity index (χ2v) is 8.84. The predicted molar refractivity (Wildman–Crippen MR) is 143 cm³/mol. The molecule has 2 aromatic rings. The number of anilines is 1. The van der Waals surface area contributed by atoms with E-state index in [2.05, 4.69) is 22.0 Å². The zero-order valence-corrected chi connectivity index (χ0v) is 21.0. The molecule has 0 unspecified atom stereocenters. The van der Waals surface area contributed by atoms with E-state index in [-0.39, 0.29) is 18.4 Å².